The third-order valence-corrected chi connectivity index (χ3v) is 3.61. The van der Waals surface area contributed by atoms with E-state index in [-0.39, 0.29) is 0 Å². The normalized spacial score (nSPS) is 10.2. The smallest absolute Gasteiger partial charge is 0.127 e. The van der Waals surface area contributed by atoms with Crippen LogP contribution >= 0.6 is 0 Å². The number of ether oxygens (including phenoxy) is 1. The van der Waals surface area contributed by atoms with Crippen LogP contribution in [0.2, 0.25) is 0 Å². The van der Waals surface area contributed by atoms with Crippen molar-refractivity contribution in [2.75, 3.05) is 0 Å². The van der Waals surface area contributed by atoms with Crippen molar-refractivity contribution in [3.8, 4) is 0 Å². The fraction of sp³-hybridized carbons (Fsp3) is 0.200. The molecule has 0 N–H and O–H groups in total. The first-order chi connectivity index (χ1) is 10.1. The Morgan fingerprint density at radius 1 is 0.714 bits per heavy atom. The minimum atomic E-state index is 0.627. The van der Waals surface area contributed by atoms with Crippen LogP contribution in [0.15, 0.2) is 61.7 Å². The van der Waals surface area contributed by atoms with E-state index in [1.807, 2.05) is 24.3 Å². The highest BCUT2D eigenvalue weighted by molar-refractivity contribution is 5.67. The zero-order chi connectivity index (χ0) is 15.2. The third-order valence-electron chi connectivity index (χ3n) is 3.61. The average Bonchev–Trinajstić information content (AvgIpc) is 2.55. The molecule has 0 bridgehead atoms. The molecule has 0 radical (unpaired) electrons. The van der Waals surface area contributed by atoms with Crippen LogP contribution in [-0.4, -0.2) is 0 Å². The summed E-state index contributed by atoms with van der Waals surface area (Å²) in [7, 11) is 0. The lowest BCUT2D eigenvalue weighted by molar-refractivity contribution is 0.474. The van der Waals surface area contributed by atoms with Crippen LogP contribution in [0.3, 0.4) is 0 Å². The average molecular weight is 278 g/mol. The van der Waals surface area contributed by atoms with Gasteiger partial charge in [-0.2, -0.15) is 0 Å². The van der Waals surface area contributed by atoms with Crippen molar-refractivity contribution in [1.82, 2.24) is 0 Å². The second-order valence-electron chi connectivity index (χ2n) is 5.05. The Bertz CT molecular complexity index is 560. The van der Waals surface area contributed by atoms with Crippen molar-refractivity contribution in [2.45, 2.75) is 26.7 Å². The second-order valence-corrected chi connectivity index (χ2v) is 5.05. The van der Waals surface area contributed by atoms with Crippen LogP contribution in [-0.2, 0) is 17.6 Å². The molecule has 1 heteroatoms. The Morgan fingerprint density at radius 3 is 1.33 bits per heavy atom. The summed E-state index contributed by atoms with van der Waals surface area (Å²) < 4.78 is 5.78. The number of hydrogen-bond acceptors (Lipinski definition) is 1. The van der Waals surface area contributed by atoms with Crippen molar-refractivity contribution in [3.63, 3.8) is 0 Å². The third kappa shape index (κ3) is 3.85. The first kappa shape index (κ1) is 15.1. The van der Waals surface area contributed by atoms with E-state index in [1.54, 1.807) is 0 Å². The Hall–Kier alpha value is -2.28. The molecule has 2 rings (SSSR count). The van der Waals surface area contributed by atoms with Crippen molar-refractivity contribution in [3.05, 3.63) is 83.9 Å². The summed E-state index contributed by atoms with van der Waals surface area (Å²) in [6.07, 6.45) is 2.06. The molecule has 0 unspecified atom stereocenters. The van der Waals surface area contributed by atoms with E-state index in [4.69, 9.17) is 4.74 Å². The monoisotopic (exact) mass is 278 g/mol. The van der Waals surface area contributed by atoms with Crippen molar-refractivity contribution in [1.29, 1.82) is 0 Å². The lowest BCUT2D eigenvalue weighted by Gasteiger charge is -2.12. The number of rotatable bonds is 6. The Labute approximate surface area is 127 Å². The maximum Gasteiger partial charge on any atom is 0.127 e. The summed E-state index contributed by atoms with van der Waals surface area (Å²) in [5.74, 6) is 1.25. The fourth-order valence-corrected chi connectivity index (χ4v) is 2.12. The highest BCUT2D eigenvalue weighted by Crippen LogP contribution is 2.23. The van der Waals surface area contributed by atoms with Gasteiger partial charge in [-0.05, 0) is 24.0 Å². The van der Waals surface area contributed by atoms with E-state index < -0.39 is 0 Å². The molecule has 0 aliphatic carbocycles. The lowest BCUT2D eigenvalue weighted by Crippen LogP contribution is -1.92. The quantitative estimate of drug-likeness (QED) is 0.637. The lowest BCUT2D eigenvalue weighted by atomic mass is 10.1. The van der Waals surface area contributed by atoms with Gasteiger partial charge < -0.3 is 4.74 Å². The highest BCUT2D eigenvalue weighted by atomic mass is 16.5. The highest BCUT2D eigenvalue weighted by Gasteiger charge is 2.05. The summed E-state index contributed by atoms with van der Waals surface area (Å²) in [4.78, 5) is 0. The molecule has 0 saturated carbocycles. The van der Waals surface area contributed by atoms with Crippen molar-refractivity contribution >= 4 is 11.5 Å². The standard InChI is InChI=1S/C20H22O/c1-5-17-7-11-19(12-8-17)15(3)21-16(4)20-13-9-18(6-2)10-14-20/h7-14H,3-6H2,1-2H3. The van der Waals surface area contributed by atoms with E-state index in [0.29, 0.717) is 11.5 Å². The summed E-state index contributed by atoms with van der Waals surface area (Å²) in [6, 6.07) is 16.5. The van der Waals surface area contributed by atoms with Gasteiger partial charge in [-0.15, -0.1) is 0 Å². The van der Waals surface area contributed by atoms with Gasteiger partial charge in [-0.25, -0.2) is 0 Å². The van der Waals surface area contributed by atoms with Gasteiger partial charge in [0, 0.05) is 11.1 Å². The molecule has 0 amide bonds. The first-order valence-corrected chi connectivity index (χ1v) is 7.38. The van der Waals surface area contributed by atoms with Crippen LogP contribution in [0.4, 0.5) is 0 Å². The summed E-state index contributed by atoms with van der Waals surface area (Å²) in [5, 5.41) is 0. The zero-order valence-corrected chi connectivity index (χ0v) is 12.9. The maximum atomic E-state index is 5.78. The minimum Gasteiger partial charge on any atom is -0.457 e. The van der Waals surface area contributed by atoms with Gasteiger partial charge in [0.25, 0.3) is 0 Å². The Kier molecular flexibility index (Phi) is 4.99. The van der Waals surface area contributed by atoms with E-state index in [0.717, 1.165) is 24.0 Å². The molecular formula is C20H22O. The summed E-state index contributed by atoms with van der Waals surface area (Å²) >= 11 is 0. The van der Waals surface area contributed by atoms with Gasteiger partial charge in [0.15, 0.2) is 0 Å². The largest absolute Gasteiger partial charge is 0.457 e. The van der Waals surface area contributed by atoms with Gasteiger partial charge in [0.1, 0.15) is 11.5 Å². The van der Waals surface area contributed by atoms with Crippen LogP contribution in [0.25, 0.3) is 11.5 Å². The Balaban J connectivity index is 2.05. The molecule has 21 heavy (non-hydrogen) atoms. The maximum absolute atomic E-state index is 5.78. The number of hydrogen-bond donors (Lipinski definition) is 0. The second kappa shape index (κ2) is 6.94. The zero-order valence-electron chi connectivity index (χ0n) is 12.9. The molecule has 0 aliphatic rings. The molecule has 0 spiro atoms. The summed E-state index contributed by atoms with van der Waals surface area (Å²) in [5.41, 5.74) is 4.58. The number of aryl methyl sites for hydroxylation is 2. The topological polar surface area (TPSA) is 9.23 Å². The minimum absolute atomic E-state index is 0.627. The summed E-state index contributed by atoms with van der Waals surface area (Å²) in [6.45, 7) is 12.3. The van der Waals surface area contributed by atoms with Gasteiger partial charge >= 0.3 is 0 Å². The van der Waals surface area contributed by atoms with Gasteiger partial charge in [-0.1, -0.05) is 75.5 Å². The molecular weight excluding hydrogens is 256 g/mol. The molecule has 2 aromatic carbocycles. The predicted octanol–water partition coefficient (Wildman–Crippen LogP) is 5.47. The van der Waals surface area contributed by atoms with Crippen LogP contribution in [0.5, 0.6) is 0 Å². The van der Waals surface area contributed by atoms with Crippen LogP contribution in [0.1, 0.15) is 36.1 Å². The molecule has 108 valence electrons. The molecule has 0 atom stereocenters. The fourth-order valence-electron chi connectivity index (χ4n) is 2.12. The molecule has 0 fully saturated rings. The number of benzene rings is 2. The van der Waals surface area contributed by atoms with Gasteiger partial charge in [-0.3, -0.25) is 0 Å². The Morgan fingerprint density at radius 2 is 1.05 bits per heavy atom. The van der Waals surface area contributed by atoms with Crippen LogP contribution < -0.4 is 0 Å². The van der Waals surface area contributed by atoms with E-state index in [9.17, 15) is 0 Å². The van der Waals surface area contributed by atoms with Gasteiger partial charge in [0.2, 0.25) is 0 Å². The van der Waals surface area contributed by atoms with Gasteiger partial charge in [0.05, 0.1) is 0 Å². The molecule has 0 saturated heterocycles. The van der Waals surface area contributed by atoms with Crippen LogP contribution in [0, 0.1) is 0 Å². The van der Waals surface area contributed by atoms with Crippen molar-refractivity contribution < 1.29 is 4.74 Å². The van der Waals surface area contributed by atoms with E-state index in [2.05, 4.69) is 51.3 Å². The predicted molar refractivity (Wildman–Crippen MR) is 90.8 cm³/mol. The molecule has 1 nitrogen and oxygen atoms in total. The molecule has 0 aliphatic heterocycles. The molecule has 0 aromatic heterocycles. The van der Waals surface area contributed by atoms with E-state index in [1.165, 1.54) is 11.1 Å². The molecule has 2 aromatic rings. The first-order valence-electron chi connectivity index (χ1n) is 7.38. The molecule has 0 heterocycles. The van der Waals surface area contributed by atoms with E-state index >= 15 is 0 Å². The van der Waals surface area contributed by atoms with Crippen molar-refractivity contribution in [2.24, 2.45) is 0 Å². The SMILES string of the molecule is C=C(OC(=C)c1ccc(CC)cc1)c1ccc(CC)cc1.